The van der Waals surface area contributed by atoms with E-state index in [1.165, 1.54) is 6.08 Å². The lowest BCUT2D eigenvalue weighted by molar-refractivity contribution is -0.159. The number of fused-ring (bicyclic) bond motifs is 1. The third-order valence-electron chi connectivity index (χ3n) is 6.14. The van der Waals surface area contributed by atoms with Crippen molar-refractivity contribution in [1.82, 2.24) is 20.5 Å². The summed E-state index contributed by atoms with van der Waals surface area (Å²) >= 11 is 0. The van der Waals surface area contributed by atoms with Crippen LogP contribution in [0.3, 0.4) is 0 Å². The highest BCUT2D eigenvalue weighted by molar-refractivity contribution is 5.93. The summed E-state index contributed by atoms with van der Waals surface area (Å²) in [5.41, 5.74) is 0.983. The quantitative estimate of drug-likeness (QED) is 0.284. The van der Waals surface area contributed by atoms with Gasteiger partial charge in [-0.2, -0.15) is 0 Å². The number of ether oxygens (including phenoxy) is 2. The minimum Gasteiger partial charge on any atom is -0.458 e. The first-order chi connectivity index (χ1) is 18.1. The molecule has 1 aromatic heterocycles. The van der Waals surface area contributed by atoms with Crippen molar-refractivity contribution in [3.8, 4) is 0 Å². The van der Waals surface area contributed by atoms with Gasteiger partial charge in [0.15, 0.2) is 5.78 Å². The number of nitrogens with one attached hydrogen (secondary N) is 3. The van der Waals surface area contributed by atoms with Crippen LogP contribution in [0.25, 0.3) is 10.9 Å². The van der Waals surface area contributed by atoms with Crippen molar-refractivity contribution in [2.75, 3.05) is 32.8 Å². The molecule has 38 heavy (non-hydrogen) atoms. The molecule has 1 saturated heterocycles. The largest absolute Gasteiger partial charge is 0.458 e. The van der Waals surface area contributed by atoms with E-state index in [0.29, 0.717) is 26.3 Å². The zero-order valence-corrected chi connectivity index (χ0v) is 22.4. The van der Waals surface area contributed by atoms with Gasteiger partial charge in [0.1, 0.15) is 17.7 Å². The van der Waals surface area contributed by atoms with Crippen LogP contribution in [0.2, 0.25) is 0 Å². The molecule has 3 N–H and O–H groups in total. The molecule has 2 amide bonds. The fourth-order valence-electron chi connectivity index (χ4n) is 4.21. The smallest absolute Gasteiger partial charge is 0.329 e. The monoisotopic (exact) mass is 526 g/mol. The van der Waals surface area contributed by atoms with E-state index in [2.05, 4.69) is 22.2 Å². The predicted molar refractivity (Wildman–Crippen MR) is 143 cm³/mol. The second kappa shape index (κ2) is 13.3. The van der Waals surface area contributed by atoms with Crippen LogP contribution in [0, 0.1) is 0 Å². The molecule has 0 saturated carbocycles. The molecule has 2 aromatic rings. The van der Waals surface area contributed by atoms with Gasteiger partial charge in [0.2, 0.25) is 11.8 Å². The highest BCUT2D eigenvalue weighted by atomic mass is 16.6. The molecule has 0 unspecified atom stereocenters. The number of carbonyl (C=O) groups is 4. The zero-order chi connectivity index (χ0) is 27.7. The summed E-state index contributed by atoms with van der Waals surface area (Å²) in [5, 5.41) is 6.52. The van der Waals surface area contributed by atoms with Crippen molar-refractivity contribution in [3.05, 3.63) is 48.7 Å². The van der Waals surface area contributed by atoms with E-state index in [4.69, 9.17) is 9.47 Å². The van der Waals surface area contributed by atoms with Gasteiger partial charge >= 0.3 is 5.97 Å². The summed E-state index contributed by atoms with van der Waals surface area (Å²) in [6.07, 6.45) is 3.27. The number of amides is 2. The second-order valence-corrected chi connectivity index (χ2v) is 10.4. The number of hydrogen-bond acceptors (Lipinski definition) is 7. The molecule has 0 radical (unpaired) electrons. The van der Waals surface area contributed by atoms with E-state index in [9.17, 15) is 19.2 Å². The molecule has 0 bridgehead atoms. The van der Waals surface area contributed by atoms with Crippen LogP contribution >= 0.6 is 0 Å². The molecule has 0 aliphatic carbocycles. The van der Waals surface area contributed by atoms with Crippen LogP contribution in [0.5, 0.6) is 0 Å². The van der Waals surface area contributed by atoms with Gasteiger partial charge in [-0.25, -0.2) is 4.79 Å². The van der Waals surface area contributed by atoms with Crippen LogP contribution in [0.1, 0.15) is 39.2 Å². The first kappa shape index (κ1) is 29.1. The van der Waals surface area contributed by atoms with E-state index in [-0.39, 0.29) is 37.5 Å². The molecular formula is C28H38N4O6. The summed E-state index contributed by atoms with van der Waals surface area (Å²) in [5.74, 6) is -1.73. The minimum atomic E-state index is -1.06. The van der Waals surface area contributed by atoms with E-state index < -0.39 is 29.6 Å². The fourth-order valence-corrected chi connectivity index (χ4v) is 4.21. The van der Waals surface area contributed by atoms with Crippen molar-refractivity contribution in [1.29, 1.82) is 0 Å². The van der Waals surface area contributed by atoms with Crippen LogP contribution < -0.4 is 10.6 Å². The Morgan fingerprint density at radius 1 is 1.13 bits per heavy atom. The van der Waals surface area contributed by atoms with Crippen molar-refractivity contribution < 1.29 is 28.7 Å². The van der Waals surface area contributed by atoms with Crippen molar-refractivity contribution in [3.63, 3.8) is 0 Å². The first-order valence-corrected chi connectivity index (χ1v) is 12.9. The van der Waals surface area contributed by atoms with E-state index in [0.717, 1.165) is 16.5 Å². The minimum absolute atomic E-state index is 0.0181. The lowest BCUT2D eigenvalue weighted by Crippen LogP contribution is -2.55. The number of H-pyrrole nitrogens is 1. The highest BCUT2D eigenvalue weighted by Gasteiger charge is 2.31. The molecule has 2 atom stereocenters. The third-order valence-corrected chi connectivity index (χ3v) is 6.14. The van der Waals surface area contributed by atoms with Gasteiger partial charge in [-0.15, -0.1) is 0 Å². The molecule has 1 aromatic carbocycles. The Bertz CT molecular complexity index is 1150. The summed E-state index contributed by atoms with van der Waals surface area (Å²) in [6, 6.07) is 5.67. The summed E-state index contributed by atoms with van der Waals surface area (Å²) in [6.45, 7) is 11.1. The molecular weight excluding hydrogens is 488 g/mol. The zero-order valence-electron chi connectivity index (χ0n) is 22.4. The predicted octanol–water partition coefficient (Wildman–Crippen LogP) is 1.89. The lowest BCUT2D eigenvalue weighted by Gasteiger charge is -2.28. The maximum Gasteiger partial charge on any atom is 0.329 e. The standard InChI is InChI=1S/C28H38N4O6/c1-5-20(33)10-11-23(27(36)38-28(2,3)4)31-26(35)24(30-25(34)18-32-12-14-37-15-13-32)16-19-17-29-22-9-7-6-8-21(19)22/h5-9,17,23-24,29H,1,10-16,18H2,2-4H3,(H,30,34)(H,31,35)/t23-,24-/m0/s1. The number of aromatic nitrogens is 1. The molecule has 2 heterocycles. The van der Waals surface area contributed by atoms with Crippen LogP contribution in [-0.2, 0) is 35.1 Å². The number of aromatic amines is 1. The summed E-state index contributed by atoms with van der Waals surface area (Å²) in [7, 11) is 0. The molecule has 3 rings (SSSR count). The molecule has 1 fully saturated rings. The fraction of sp³-hybridized carbons (Fsp3) is 0.500. The van der Waals surface area contributed by atoms with Gasteiger partial charge in [-0.3, -0.25) is 19.3 Å². The number of esters is 1. The molecule has 10 nitrogen and oxygen atoms in total. The van der Waals surface area contributed by atoms with Crippen molar-refractivity contribution in [2.45, 2.75) is 57.7 Å². The number of hydrogen-bond donors (Lipinski definition) is 3. The Morgan fingerprint density at radius 3 is 2.53 bits per heavy atom. The number of ketones is 1. The first-order valence-electron chi connectivity index (χ1n) is 12.9. The Morgan fingerprint density at radius 2 is 1.84 bits per heavy atom. The van der Waals surface area contributed by atoms with Gasteiger partial charge < -0.3 is 25.1 Å². The number of allylic oxidation sites excluding steroid dienone is 1. The number of rotatable bonds is 12. The number of para-hydroxylation sites is 1. The van der Waals surface area contributed by atoms with Crippen LogP contribution in [0.15, 0.2) is 43.1 Å². The van der Waals surface area contributed by atoms with Gasteiger partial charge in [0.25, 0.3) is 0 Å². The van der Waals surface area contributed by atoms with E-state index in [1.807, 2.05) is 35.4 Å². The Hall–Kier alpha value is -3.50. The number of carbonyl (C=O) groups excluding carboxylic acids is 4. The Balaban J connectivity index is 1.79. The van der Waals surface area contributed by atoms with E-state index >= 15 is 0 Å². The average Bonchev–Trinajstić information content (AvgIpc) is 3.28. The summed E-state index contributed by atoms with van der Waals surface area (Å²) in [4.78, 5) is 56.4. The van der Waals surface area contributed by atoms with E-state index in [1.54, 1.807) is 20.8 Å². The van der Waals surface area contributed by atoms with Crippen molar-refractivity contribution in [2.24, 2.45) is 0 Å². The third kappa shape index (κ3) is 8.81. The topological polar surface area (TPSA) is 130 Å². The molecule has 206 valence electrons. The SMILES string of the molecule is C=CC(=O)CC[C@H](NC(=O)[C@H](Cc1c[nH]c2ccccc12)NC(=O)CN1CCOCC1)C(=O)OC(C)(C)C. The highest BCUT2D eigenvalue weighted by Crippen LogP contribution is 2.19. The Labute approximate surface area is 223 Å². The van der Waals surface area contributed by atoms with Gasteiger partial charge in [-0.05, 0) is 44.9 Å². The second-order valence-electron chi connectivity index (χ2n) is 10.4. The maximum atomic E-state index is 13.5. The number of benzene rings is 1. The number of morpholine rings is 1. The van der Waals surface area contributed by atoms with Crippen LogP contribution in [0.4, 0.5) is 0 Å². The molecule has 1 aliphatic rings. The number of nitrogens with zero attached hydrogens (tertiary/aromatic N) is 1. The van der Waals surface area contributed by atoms with Crippen LogP contribution in [-0.4, -0.2) is 84.0 Å². The maximum absolute atomic E-state index is 13.5. The van der Waals surface area contributed by atoms with Crippen molar-refractivity contribution >= 4 is 34.5 Å². The van der Waals surface area contributed by atoms with Gasteiger partial charge in [0, 0.05) is 43.0 Å². The lowest BCUT2D eigenvalue weighted by atomic mass is 10.0. The molecule has 10 heteroatoms. The normalized spacial score (nSPS) is 15.9. The molecule has 0 spiro atoms. The Kier molecular flexibility index (Phi) is 10.2. The van der Waals surface area contributed by atoms with Gasteiger partial charge in [0.05, 0.1) is 19.8 Å². The average molecular weight is 527 g/mol. The van der Waals surface area contributed by atoms with Gasteiger partial charge in [-0.1, -0.05) is 24.8 Å². The summed E-state index contributed by atoms with van der Waals surface area (Å²) < 4.78 is 10.8. The molecule has 1 aliphatic heterocycles.